The molecule has 0 bridgehead atoms. The summed E-state index contributed by atoms with van der Waals surface area (Å²) < 4.78 is 25.7. The van der Waals surface area contributed by atoms with Crippen molar-refractivity contribution in [2.24, 2.45) is 0 Å². The van der Waals surface area contributed by atoms with Crippen molar-refractivity contribution >= 4 is 16.0 Å². The van der Waals surface area contributed by atoms with Gasteiger partial charge in [0.25, 0.3) is 0 Å². The molecule has 0 amide bonds. The molecule has 1 aromatic carbocycles. The molecule has 1 N–H and O–H groups in total. The molecular weight excluding hydrogens is 266 g/mol. The normalized spacial score (nSPS) is 11.8. The van der Waals surface area contributed by atoms with Gasteiger partial charge < -0.3 is 5.11 Å². The van der Waals surface area contributed by atoms with Crippen LogP contribution in [0.4, 0.5) is 0 Å². The molecule has 0 spiro atoms. The minimum Gasteiger partial charge on any atom is -0.481 e. The van der Waals surface area contributed by atoms with E-state index in [-0.39, 0.29) is 17.9 Å². The molecule has 1 aromatic rings. The number of nitrogens with zero attached hydrogens (tertiary/aromatic N) is 1. The zero-order chi connectivity index (χ0) is 14.6. The van der Waals surface area contributed by atoms with Crippen LogP contribution in [0.2, 0.25) is 0 Å². The standard InChI is InChI=1S/C13H19NO4S/c1-10-6-7-12(9-11(10)2)19(17,18)14(3)8-4-5-13(15)16/h6-7,9H,4-5,8H2,1-3H3,(H,15,16). The molecular formula is C13H19NO4S. The minimum absolute atomic E-state index is 0.0349. The van der Waals surface area contributed by atoms with E-state index in [9.17, 15) is 13.2 Å². The molecule has 0 atom stereocenters. The fraction of sp³-hybridized carbons (Fsp3) is 0.462. The number of hydrogen-bond donors (Lipinski definition) is 1. The molecule has 0 heterocycles. The first kappa shape index (κ1) is 15.7. The Kier molecular flexibility index (Phi) is 5.08. The number of carbonyl (C=O) groups is 1. The summed E-state index contributed by atoms with van der Waals surface area (Å²) in [5.74, 6) is -0.919. The second-order valence-corrected chi connectivity index (χ2v) is 6.61. The summed E-state index contributed by atoms with van der Waals surface area (Å²) >= 11 is 0. The van der Waals surface area contributed by atoms with E-state index in [0.717, 1.165) is 11.1 Å². The Morgan fingerprint density at radius 1 is 1.26 bits per heavy atom. The van der Waals surface area contributed by atoms with E-state index in [4.69, 9.17) is 5.11 Å². The average molecular weight is 285 g/mol. The second kappa shape index (κ2) is 6.16. The van der Waals surface area contributed by atoms with E-state index in [1.165, 1.54) is 11.4 Å². The van der Waals surface area contributed by atoms with Gasteiger partial charge in [0, 0.05) is 20.0 Å². The van der Waals surface area contributed by atoms with Crippen LogP contribution < -0.4 is 0 Å². The Labute approximate surface area is 113 Å². The lowest BCUT2D eigenvalue weighted by Gasteiger charge is -2.17. The van der Waals surface area contributed by atoms with Crippen molar-refractivity contribution in [3.05, 3.63) is 29.3 Å². The molecule has 5 nitrogen and oxygen atoms in total. The summed E-state index contributed by atoms with van der Waals surface area (Å²) in [7, 11) is -2.07. The van der Waals surface area contributed by atoms with Gasteiger partial charge in [-0.05, 0) is 43.5 Å². The lowest BCUT2D eigenvalue weighted by atomic mass is 10.1. The van der Waals surface area contributed by atoms with Crippen molar-refractivity contribution in [3.8, 4) is 0 Å². The number of aliphatic carboxylic acids is 1. The Morgan fingerprint density at radius 2 is 1.89 bits per heavy atom. The SMILES string of the molecule is Cc1ccc(S(=O)(=O)N(C)CCCC(=O)O)cc1C. The number of hydrogen-bond acceptors (Lipinski definition) is 3. The van der Waals surface area contributed by atoms with Crippen LogP contribution in [0.1, 0.15) is 24.0 Å². The summed E-state index contributed by atoms with van der Waals surface area (Å²) in [6.07, 6.45) is 0.267. The number of sulfonamides is 1. The Hall–Kier alpha value is -1.40. The summed E-state index contributed by atoms with van der Waals surface area (Å²) in [5, 5.41) is 8.55. The Balaban J connectivity index is 2.84. The van der Waals surface area contributed by atoms with Gasteiger partial charge in [0.2, 0.25) is 10.0 Å². The highest BCUT2D eigenvalue weighted by Crippen LogP contribution is 2.18. The number of carboxylic acid groups (broad SMARTS) is 1. The van der Waals surface area contributed by atoms with Gasteiger partial charge in [-0.2, -0.15) is 0 Å². The zero-order valence-electron chi connectivity index (χ0n) is 11.4. The molecule has 0 aliphatic rings. The quantitative estimate of drug-likeness (QED) is 0.864. The summed E-state index contributed by atoms with van der Waals surface area (Å²) in [6.45, 7) is 3.97. The van der Waals surface area contributed by atoms with Crippen molar-refractivity contribution < 1.29 is 18.3 Å². The minimum atomic E-state index is -3.54. The van der Waals surface area contributed by atoms with Crippen molar-refractivity contribution in [1.82, 2.24) is 4.31 Å². The molecule has 0 saturated heterocycles. The third-order valence-corrected chi connectivity index (χ3v) is 4.90. The maximum Gasteiger partial charge on any atom is 0.303 e. The van der Waals surface area contributed by atoms with Crippen LogP contribution in [0, 0.1) is 13.8 Å². The van der Waals surface area contributed by atoms with Crippen molar-refractivity contribution in [3.63, 3.8) is 0 Å². The first-order valence-electron chi connectivity index (χ1n) is 6.00. The fourth-order valence-electron chi connectivity index (χ4n) is 1.63. The van der Waals surface area contributed by atoms with Crippen LogP contribution in [0.3, 0.4) is 0 Å². The van der Waals surface area contributed by atoms with Crippen molar-refractivity contribution in [2.45, 2.75) is 31.6 Å². The molecule has 0 unspecified atom stereocenters. The molecule has 19 heavy (non-hydrogen) atoms. The largest absolute Gasteiger partial charge is 0.481 e. The van der Waals surface area contributed by atoms with Crippen LogP contribution in [-0.2, 0) is 14.8 Å². The Morgan fingerprint density at radius 3 is 2.42 bits per heavy atom. The highest BCUT2D eigenvalue weighted by atomic mass is 32.2. The molecule has 106 valence electrons. The van der Waals surface area contributed by atoms with Crippen molar-refractivity contribution in [1.29, 1.82) is 0 Å². The maximum atomic E-state index is 12.2. The van der Waals surface area contributed by atoms with E-state index >= 15 is 0 Å². The van der Waals surface area contributed by atoms with E-state index < -0.39 is 16.0 Å². The van der Waals surface area contributed by atoms with Gasteiger partial charge in [0.15, 0.2) is 0 Å². The molecule has 0 saturated carbocycles. The molecule has 6 heteroatoms. The van der Waals surface area contributed by atoms with Gasteiger partial charge >= 0.3 is 5.97 Å². The highest BCUT2D eigenvalue weighted by Gasteiger charge is 2.20. The third kappa shape index (κ3) is 4.04. The highest BCUT2D eigenvalue weighted by molar-refractivity contribution is 7.89. The first-order valence-corrected chi connectivity index (χ1v) is 7.44. The third-order valence-electron chi connectivity index (χ3n) is 3.05. The Bertz CT molecular complexity index is 566. The first-order chi connectivity index (χ1) is 8.75. The van der Waals surface area contributed by atoms with Crippen LogP contribution >= 0.6 is 0 Å². The lowest BCUT2D eigenvalue weighted by molar-refractivity contribution is -0.137. The van der Waals surface area contributed by atoms with Gasteiger partial charge in [-0.15, -0.1) is 0 Å². The number of carboxylic acids is 1. The second-order valence-electron chi connectivity index (χ2n) is 4.57. The topological polar surface area (TPSA) is 74.7 Å². The smallest absolute Gasteiger partial charge is 0.303 e. The van der Waals surface area contributed by atoms with E-state index in [1.54, 1.807) is 18.2 Å². The van der Waals surface area contributed by atoms with E-state index in [0.29, 0.717) is 6.42 Å². The molecule has 0 radical (unpaired) electrons. The summed E-state index contributed by atoms with van der Waals surface area (Å²) in [6, 6.07) is 4.98. The summed E-state index contributed by atoms with van der Waals surface area (Å²) in [4.78, 5) is 10.7. The van der Waals surface area contributed by atoms with Gasteiger partial charge in [0.1, 0.15) is 0 Å². The van der Waals surface area contributed by atoms with Gasteiger partial charge in [0.05, 0.1) is 4.90 Å². The lowest BCUT2D eigenvalue weighted by Crippen LogP contribution is -2.28. The van der Waals surface area contributed by atoms with Crippen molar-refractivity contribution in [2.75, 3.05) is 13.6 Å². The van der Waals surface area contributed by atoms with E-state index in [2.05, 4.69) is 0 Å². The number of aryl methyl sites for hydroxylation is 2. The predicted molar refractivity (Wildman–Crippen MR) is 72.6 cm³/mol. The zero-order valence-corrected chi connectivity index (χ0v) is 12.2. The summed E-state index contributed by atoms with van der Waals surface area (Å²) in [5.41, 5.74) is 1.95. The molecule has 1 rings (SSSR count). The molecule has 0 fully saturated rings. The van der Waals surface area contributed by atoms with Gasteiger partial charge in [-0.25, -0.2) is 12.7 Å². The molecule has 0 aromatic heterocycles. The van der Waals surface area contributed by atoms with Crippen LogP contribution in [0.5, 0.6) is 0 Å². The monoisotopic (exact) mass is 285 g/mol. The average Bonchev–Trinajstić information content (AvgIpc) is 2.31. The molecule has 0 aliphatic heterocycles. The van der Waals surface area contributed by atoms with Crippen LogP contribution in [-0.4, -0.2) is 37.4 Å². The molecule has 0 aliphatic carbocycles. The van der Waals surface area contributed by atoms with Crippen LogP contribution in [0.15, 0.2) is 23.1 Å². The van der Waals surface area contributed by atoms with Gasteiger partial charge in [-0.3, -0.25) is 4.79 Å². The van der Waals surface area contributed by atoms with E-state index in [1.807, 2.05) is 13.8 Å². The number of benzene rings is 1. The van der Waals surface area contributed by atoms with Gasteiger partial charge in [-0.1, -0.05) is 6.07 Å². The maximum absolute atomic E-state index is 12.2. The fourth-order valence-corrected chi connectivity index (χ4v) is 2.92. The number of rotatable bonds is 6. The van der Waals surface area contributed by atoms with Crippen LogP contribution in [0.25, 0.3) is 0 Å². The predicted octanol–water partition coefficient (Wildman–Crippen LogP) is 1.79.